The van der Waals surface area contributed by atoms with Gasteiger partial charge in [-0.2, -0.15) is 5.10 Å². The molecule has 1 aromatic carbocycles. The fourth-order valence-electron chi connectivity index (χ4n) is 1.80. The van der Waals surface area contributed by atoms with Gasteiger partial charge in [-0.1, -0.05) is 5.21 Å². The lowest BCUT2D eigenvalue weighted by atomic mass is 10.3. The van der Waals surface area contributed by atoms with E-state index >= 15 is 0 Å². The highest BCUT2D eigenvalue weighted by atomic mass is 19.1. The van der Waals surface area contributed by atoms with Crippen molar-refractivity contribution in [3.63, 3.8) is 0 Å². The van der Waals surface area contributed by atoms with Gasteiger partial charge in [0.25, 0.3) is 0 Å². The smallest absolute Gasteiger partial charge is 0.233 e. The number of hydrogen-bond acceptors (Lipinski definition) is 5. The number of halogens is 1. The standard InChI is InChI=1S/C14H12FN5O/c1-10-13(9-21-14-3-2-8-16-18-14)20(19-17-10)12-6-4-11(15)5-7-12/h2-8H,9H2,1H3/i8D. The molecule has 6 nitrogen and oxygen atoms in total. The Morgan fingerprint density at radius 1 is 1.24 bits per heavy atom. The molecule has 0 saturated carbocycles. The zero-order valence-electron chi connectivity index (χ0n) is 12.2. The van der Waals surface area contributed by atoms with Crippen molar-refractivity contribution in [3.05, 3.63) is 59.8 Å². The molecule has 0 atom stereocenters. The van der Waals surface area contributed by atoms with Crippen molar-refractivity contribution in [1.29, 1.82) is 0 Å². The monoisotopic (exact) mass is 286 g/mol. The molecule has 0 aliphatic heterocycles. The zero-order valence-corrected chi connectivity index (χ0v) is 11.2. The third-order valence-corrected chi connectivity index (χ3v) is 2.89. The van der Waals surface area contributed by atoms with Crippen molar-refractivity contribution in [1.82, 2.24) is 25.2 Å². The summed E-state index contributed by atoms with van der Waals surface area (Å²) >= 11 is 0. The van der Waals surface area contributed by atoms with Gasteiger partial charge in [0.1, 0.15) is 18.1 Å². The summed E-state index contributed by atoms with van der Waals surface area (Å²) in [6, 6.07) is 9.00. The minimum absolute atomic E-state index is 0.0709. The first kappa shape index (κ1) is 12.0. The van der Waals surface area contributed by atoms with Crippen molar-refractivity contribution < 1.29 is 10.5 Å². The molecular formula is C14H12FN5O. The highest BCUT2D eigenvalue weighted by Gasteiger charge is 2.12. The van der Waals surface area contributed by atoms with Crippen LogP contribution in [0.1, 0.15) is 12.8 Å². The molecule has 0 unspecified atom stereocenters. The van der Waals surface area contributed by atoms with E-state index in [1.54, 1.807) is 22.9 Å². The third kappa shape index (κ3) is 2.86. The molecule has 0 spiro atoms. The maximum atomic E-state index is 13.0. The van der Waals surface area contributed by atoms with Crippen molar-refractivity contribution in [2.45, 2.75) is 13.5 Å². The number of hydrogen-bond donors (Lipinski definition) is 0. The Morgan fingerprint density at radius 2 is 2.05 bits per heavy atom. The summed E-state index contributed by atoms with van der Waals surface area (Å²) in [5.74, 6) is -0.00796. The van der Waals surface area contributed by atoms with Crippen LogP contribution in [0.2, 0.25) is 0 Å². The lowest BCUT2D eigenvalue weighted by Gasteiger charge is -2.08. The zero-order chi connectivity index (χ0) is 15.5. The van der Waals surface area contributed by atoms with Crippen molar-refractivity contribution in [2.24, 2.45) is 0 Å². The molecule has 0 radical (unpaired) electrons. The van der Waals surface area contributed by atoms with Crippen molar-refractivity contribution in [2.75, 3.05) is 0 Å². The first-order valence-corrected chi connectivity index (χ1v) is 6.24. The minimum Gasteiger partial charge on any atom is -0.470 e. The second-order valence-electron chi connectivity index (χ2n) is 4.30. The van der Waals surface area contributed by atoms with Crippen LogP contribution in [-0.4, -0.2) is 25.2 Å². The average Bonchev–Trinajstić information content (AvgIpc) is 2.89. The number of aromatic nitrogens is 5. The number of rotatable bonds is 4. The van der Waals surface area contributed by atoms with E-state index in [0.717, 1.165) is 5.69 Å². The molecule has 7 heteroatoms. The molecule has 3 rings (SSSR count). The molecule has 0 fully saturated rings. The van der Waals surface area contributed by atoms with Crippen LogP contribution in [0.3, 0.4) is 0 Å². The van der Waals surface area contributed by atoms with E-state index in [0.29, 0.717) is 17.3 Å². The summed E-state index contributed by atoms with van der Waals surface area (Å²) in [5, 5.41) is 15.4. The lowest BCUT2D eigenvalue weighted by Crippen LogP contribution is -2.07. The van der Waals surface area contributed by atoms with Crippen LogP contribution in [0, 0.1) is 12.7 Å². The van der Waals surface area contributed by atoms with Gasteiger partial charge in [0.15, 0.2) is 0 Å². The fourth-order valence-corrected chi connectivity index (χ4v) is 1.80. The van der Waals surface area contributed by atoms with Gasteiger partial charge >= 0.3 is 0 Å². The van der Waals surface area contributed by atoms with Crippen LogP contribution < -0.4 is 4.74 Å². The Morgan fingerprint density at radius 3 is 2.76 bits per heavy atom. The molecule has 0 aliphatic carbocycles. The van der Waals surface area contributed by atoms with E-state index in [-0.39, 0.29) is 18.6 Å². The molecule has 0 amide bonds. The second-order valence-corrected chi connectivity index (χ2v) is 4.30. The SMILES string of the molecule is [2H]c1ccc(OCc2c(C)nnn2-c2ccc(F)cc2)nn1. The molecule has 0 saturated heterocycles. The summed E-state index contributed by atoms with van der Waals surface area (Å²) in [5.41, 5.74) is 2.12. The average molecular weight is 286 g/mol. The molecule has 106 valence electrons. The quantitative estimate of drug-likeness (QED) is 0.734. The van der Waals surface area contributed by atoms with Crippen LogP contribution in [0.15, 0.2) is 42.6 Å². The van der Waals surface area contributed by atoms with E-state index in [1.807, 2.05) is 6.92 Å². The van der Waals surface area contributed by atoms with E-state index in [4.69, 9.17) is 6.11 Å². The summed E-state index contributed by atoms with van der Waals surface area (Å²) in [6.45, 7) is 1.99. The normalized spacial score (nSPS) is 11.2. The Balaban J connectivity index is 1.83. The van der Waals surface area contributed by atoms with Crippen molar-refractivity contribution >= 4 is 0 Å². The first-order chi connectivity index (χ1) is 10.6. The fraction of sp³-hybridized carbons (Fsp3) is 0.143. The third-order valence-electron chi connectivity index (χ3n) is 2.89. The molecule has 2 aromatic heterocycles. The second kappa shape index (κ2) is 5.66. The summed E-state index contributed by atoms with van der Waals surface area (Å²) in [7, 11) is 0. The predicted molar refractivity (Wildman–Crippen MR) is 72.4 cm³/mol. The van der Waals surface area contributed by atoms with Gasteiger partial charge in [-0.05, 0) is 37.3 Å². The van der Waals surface area contributed by atoms with E-state index in [2.05, 4.69) is 20.5 Å². The molecule has 0 aliphatic rings. The van der Waals surface area contributed by atoms with Crippen LogP contribution >= 0.6 is 0 Å². The molecule has 0 N–H and O–H groups in total. The van der Waals surface area contributed by atoms with E-state index < -0.39 is 0 Å². The summed E-state index contributed by atoms with van der Waals surface area (Å²) in [6.07, 6.45) is 0.0709. The Bertz CT molecular complexity index is 773. The highest BCUT2D eigenvalue weighted by Crippen LogP contribution is 2.15. The maximum Gasteiger partial charge on any atom is 0.233 e. The van der Waals surface area contributed by atoms with Crippen LogP contribution in [0.4, 0.5) is 4.39 Å². The minimum atomic E-state index is -0.316. The molecule has 3 aromatic rings. The summed E-state index contributed by atoms with van der Waals surface area (Å²) in [4.78, 5) is 0. The van der Waals surface area contributed by atoms with Gasteiger partial charge in [-0.15, -0.1) is 10.2 Å². The predicted octanol–water partition coefficient (Wildman–Crippen LogP) is 2.08. The number of nitrogens with zero attached hydrogens (tertiary/aromatic N) is 5. The van der Waals surface area contributed by atoms with Gasteiger partial charge in [0.05, 0.1) is 12.8 Å². The molecule has 2 heterocycles. The largest absolute Gasteiger partial charge is 0.470 e. The number of aryl methyl sites for hydroxylation is 1. The lowest BCUT2D eigenvalue weighted by molar-refractivity contribution is 0.281. The first-order valence-electron chi connectivity index (χ1n) is 6.74. The Labute approximate surface area is 121 Å². The van der Waals surface area contributed by atoms with E-state index in [9.17, 15) is 4.39 Å². The van der Waals surface area contributed by atoms with Gasteiger partial charge in [0, 0.05) is 12.2 Å². The number of ether oxygens (including phenoxy) is 1. The van der Waals surface area contributed by atoms with Gasteiger partial charge < -0.3 is 4.74 Å². The van der Waals surface area contributed by atoms with Crippen LogP contribution in [-0.2, 0) is 6.61 Å². The maximum absolute atomic E-state index is 13.0. The Hall–Kier alpha value is -2.83. The van der Waals surface area contributed by atoms with Crippen molar-refractivity contribution in [3.8, 4) is 11.6 Å². The highest BCUT2D eigenvalue weighted by molar-refractivity contribution is 5.33. The molecular weight excluding hydrogens is 273 g/mol. The molecule has 21 heavy (non-hydrogen) atoms. The van der Waals surface area contributed by atoms with Crippen LogP contribution in [0.25, 0.3) is 5.69 Å². The van der Waals surface area contributed by atoms with Crippen LogP contribution in [0.5, 0.6) is 5.88 Å². The van der Waals surface area contributed by atoms with Gasteiger partial charge in [-0.25, -0.2) is 9.07 Å². The Kier molecular flexibility index (Phi) is 3.22. The van der Waals surface area contributed by atoms with E-state index in [1.165, 1.54) is 18.2 Å². The number of benzene rings is 1. The van der Waals surface area contributed by atoms with Gasteiger partial charge in [0.2, 0.25) is 5.88 Å². The topological polar surface area (TPSA) is 65.7 Å². The van der Waals surface area contributed by atoms with Gasteiger partial charge in [-0.3, -0.25) is 0 Å². The molecule has 0 bridgehead atoms. The summed E-state index contributed by atoms with van der Waals surface area (Å²) < 4.78 is 27.4.